The van der Waals surface area contributed by atoms with Crippen molar-refractivity contribution in [3.63, 3.8) is 0 Å². The molecule has 4 nitrogen and oxygen atoms in total. The average Bonchev–Trinajstić information content (AvgIpc) is 2.86. The van der Waals surface area contributed by atoms with Crippen molar-refractivity contribution in [1.82, 2.24) is 10.3 Å². The zero-order valence-corrected chi connectivity index (χ0v) is 11.4. The number of alkyl halides is 3. The minimum absolute atomic E-state index is 0.00283. The SMILES string of the molecule is CCCNCc1coc(Oc2ccc(C(F)(F)F)cc2)n1. The number of benzene rings is 1. The largest absolute Gasteiger partial charge is 0.417 e. The van der Waals surface area contributed by atoms with Gasteiger partial charge in [0.2, 0.25) is 0 Å². The molecule has 2 aromatic rings. The Hall–Kier alpha value is -2.02. The van der Waals surface area contributed by atoms with E-state index >= 15 is 0 Å². The van der Waals surface area contributed by atoms with Crippen LogP contribution in [0.1, 0.15) is 24.6 Å². The van der Waals surface area contributed by atoms with Gasteiger partial charge in [0.1, 0.15) is 12.0 Å². The molecule has 0 amide bonds. The van der Waals surface area contributed by atoms with E-state index in [0.29, 0.717) is 12.2 Å². The van der Waals surface area contributed by atoms with Crippen LogP contribution in [0.2, 0.25) is 0 Å². The Morgan fingerprint density at radius 2 is 1.95 bits per heavy atom. The molecule has 1 heterocycles. The predicted octanol–water partition coefficient (Wildman–Crippen LogP) is 3.99. The van der Waals surface area contributed by atoms with Crippen LogP contribution in [0.25, 0.3) is 0 Å². The molecule has 0 radical (unpaired) electrons. The molecule has 0 saturated carbocycles. The molecule has 1 aromatic carbocycles. The minimum Gasteiger partial charge on any atom is -0.417 e. The highest BCUT2D eigenvalue weighted by Gasteiger charge is 2.30. The summed E-state index contributed by atoms with van der Waals surface area (Å²) in [5.74, 6) is 0.234. The molecule has 0 bridgehead atoms. The zero-order chi connectivity index (χ0) is 15.3. The molecule has 0 atom stereocenters. The molecule has 1 N–H and O–H groups in total. The first-order valence-corrected chi connectivity index (χ1v) is 6.49. The monoisotopic (exact) mass is 300 g/mol. The highest BCUT2D eigenvalue weighted by Crippen LogP contribution is 2.31. The van der Waals surface area contributed by atoms with E-state index in [2.05, 4.69) is 17.2 Å². The summed E-state index contributed by atoms with van der Waals surface area (Å²) < 4.78 is 47.6. The lowest BCUT2D eigenvalue weighted by atomic mass is 10.2. The first-order valence-electron chi connectivity index (χ1n) is 6.49. The number of nitrogens with zero attached hydrogens (tertiary/aromatic N) is 1. The van der Waals surface area contributed by atoms with Gasteiger partial charge in [-0.15, -0.1) is 0 Å². The number of hydrogen-bond acceptors (Lipinski definition) is 4. The van der Waals surface area contributed by atoms with E-state index < -0.39 is 11.7 Å². The third-order valence-corrected chi connectivity index (χ3v) is 2.65. The van der Waals surface area contributed by atoms with Crippen molar-refractivity contribution in [2.75, 3.05) is 6.54 Å². The van der Waals surface area contributed by atoms with Crippen molar-refractivity contribution in [2.45, 2.75) is 26.1 Å². The fraction of sp³-hybridized carbons (Fsp3) is 0.357. The second kappa shape index (κ2) is 6.62. The Kier molecular flexibility index (Phi) is 4.85. The molecule has 2 rings (SSSR count). The highest BCUT2D eigenvalue weighted by atomic mass is 19.4. The number of ether oxygens (including phenoxy) is 1. The van der Waals surface area contributed by atoms with Crippen LogP contribution in [0, 0.1) is 0 Å². The second-order valence-corrected chi connectivity index (χ2v) is 4.41. The Bertz CT molecular complexity index is 564. The van der Waals surface area contributed by atoms with Crippen molar-refractivity contribution < 1.29 is 22.3 Å². The Morgan fingerprint density at radius 3 is 2.57 bits per heavy atom. The summed E-state index contributed by atoms with van der Waals surface area (Å²) in [7, 11) is 0. The Balaban J connectivity index is 1.95. The highest BCUT2D eigenvalue weighted by molar-refractivity contribution is 5.30. The Morgan fingerprint density at radius 1 is 1.24 bits per heavy atom. The quantitative estimate of drug-likeness (QED) is 0.820. The molecule has 21 heavy (non-hydrogen) atoms. The molecule has 114 valence electrons. The van der Waals surface area contributed by atoms with E-state index in [4.69, 9.17) is 9.15 Å². The molecule has 0 saturated heterocycles. The summed E-state index contributed by atoms with van der Waals surface area (Å²) in [5.41, 5.74) is -0.0583. The molecule has 0 fully saturated rings. The van der Waals surface area contributed by atoms with Crippen LogP contribution < -0.4 is 10.1 Å². The average molecular weight is 300 g/mol. The zero-order valence-electron chi connectivity index (χ0n) is 11.4. The molecule has 7 heteroatoms. The number of oxazole rings is 1. The fourth-order valence-electron chi connectivity index (χ4n) is 1.62. The molecule has 1 aromatic heterocycles. The number of rotatable bonds is 6. The van der Waals surface area contributed by atoms with Gasteiger partial charge in [-0.3, -0.25) is 0 Å². The van der Waals surface area contributed by atoms with E-state index in [9.17, 15) is 13.2 Å². The number of halogens is 3. The first kappa shape index (κ1) is 15.4. The van der Waals surface area contributed by atoms with Crippen LogP contribution >= 0.6 is 0 Å². The second-order valence-electron chi connectivity index (χ2n) is 4.41. The van der Waals surface area contributed by atoms with Gasteiger partial charge in [-0.1, -0.05) is 6.92 Å². The number of nitrogens with one attached hydrogen (secondary N) is 1. The van der Waals surface area contributed by atoms with E-state index in [0.717, 1.165) is 25.1 Å². The molecule has 0 unspecified atom stereocenters. The van der Waals surface area contributed by atoms with E-state index in [1.165, 1.54) is 18.4 Å². The van der Waals surface area contributed by atoms with Crippen molar-refractivity contribution >= 4 is 0 Å². The van der Waals surface area contributed by atoms with Crippen LogP contribution in [-0.2, 0) is 12.7 Å². The van der Waals surface area contributed by atoms with Crippen LogP contribution in [0.4, 0.5) is 13.2 Å². The molecule has 0 spiro atoms. The van der Waals surface area contributed by atoms with Crippen LogP contribution in [0.15, 0.2) is 34.9 Å². The van der Waals surface area contributed by atoms with Crippen LogP contribution in [0.3, 0.4) is 0 Å². The maximum atomic E-state index is 12.4. The van der Waals surface area contributed by atoms with E-state index in [1.807, 2.05) is 0 Å². The summed E-state index contributed by atoms with van der Waals surface area (Å²) in [6.45, 7) is 3.46. The lowest BCUT2D eigenvalue weighted by Crippen LogP contribution is -2.13. The van der Waals surface area contributed by atoms with Crippen molar-refractivity contribution in [3.8, 4) is 11.8 Å². The number of aromatic nitrogens is 1. The van der Waals surface area contributed by atoms with Gasteiger partial charge in [-0.2, -0.15) is 18.2 Å². The third kappa shape index (κ3) is 4.49. The van der Waals surface area contributed by atoms with Gasteiger partial charge in [-0.25, -0.2) is 0 Å². The summed E-state index contributed by atoms with van der Waals surface area (Å²) >= 11 is 0. The maximum absolute atomic E-state index is 12.4. The van der Waals surface area contributed by atoms with Gasteiger partial charge in [0.25, 0.3) is 0 Å². The standard InChI is InChI=1S/C14H15F3N2O2/c1-2-7-18-8-11-9-20-13(19-11)21-12-5-3-10(4-6-12)14(15,16)17/h3-6,9,18H,2,7-8H2,1H3. The van der Waals surface area contributed by atoms with Crippen molar-refractivity contribution in [1.29, 1.82) is 0 Å². The van der Waals surface area contributed by atoms with Gasteiger partial charge in [0.05, 0.1) is 11.3 Å². The fourth-order valence-corrected chi connectivity index (χ4v) is 1.62. The summed E-state index contributed by atoms with van der Waals surface area (Å²) in [6, 6.07) is 4.34. The molecular formula is C14H15F3N2O2. The lowest BCUT2D eigenvalue weighted by Gasteiger charge is -2.06. The van der Waals surface area contributed by atoms with Gasteiger partial charge < -0.3 is 14.5 Å². The third-order valence-electron chi connectivity index (χ3n) is 2.65. The molecular weight excluding hydrogens is 285 g/mol. The van der Waals surface area contributed by atoms with Crippen molar-refractivity contribution in [3.05, 3.63) is 41.8 Å². The number of hydrogen-bond donors (Lipinski definition) is 1. The van der Waals surface area contributed by atoms with Crippen LogP contribution in [0.5, 0.6) is 11.8 Å². The minimum atomic E-state index is -4.36. The molecule has 0 aliphatic heterocycles. The van der Waals surface area contributed by atoms with E-state index in [-0.39, 0.29) is 11.8 Å². The van der Waals surface area contributed by atoms with Gasteiger partial charge in [-0.05, 0) is 37.2 Å². The van der Waals surface area contributed by atoms with Crippen LogP contribution in [-0.4, -0.2) is 11.5 Å². The summed E-state index contributed by atoms with van der Waals surface area (Å²) in [5, 5.41) is 3.15. The van der Waals surface area contributed by atoms with Crippen molar-refractivity contribution in [2.24, 2.45) is 0 Å². The Labute approximate surface area is 119 Å². The summed E-state index contributed by atoms with van der Waals surface area (Å²) in [6.07, 6.45) is -1.91. The van der Waals surface area contributed by atoms with Gasteiger partial charge >= 0.3 is 12.3 Å². The molecule has 0 aliphatic carbocycles. The lowest BCUT2D eigenvalue weighted by molar-refractivity contribution is -0.137. The topological polar surface area (TPSA) is 47.3 Å². The normalized spacial score (nSPS) is 11.6. The smallest absolute Gasteiger partial charge is 0.416 e. The predicted molar refractivity (Wildman–Crippen MR) is 70.0 cm³/mol. The van der Waals surface area contributed by atoms with Gasteiger partial charge in [0, 0.05) is 6.54 Å². The van der Waals surface area contributed by atoms with Gasteiger partial charge in [0.15, 0.2) is 0 Å². The summed E-state index contributed by atoms with van der Waals surface area (Å²) in [4.78, 5) is 4.07. The van der Waals surface area contributed by atoms with E-state index in [1.54, 1.807) is 0 Å². The first-order chi connectivity index (χ1) is 9.99. The molecule has 0 aliphatic rings. The maximum Gasteiger partial charge on any atom is 0.416 e.